The lowest BCUT2D eigenvalue weighted by Gasteiger charge is -2.09. The second-order valence-electron chi connectivity index (χ2n) is 4.20. The molecule has 1 aromatic rings. The van der Waals surface area contributed by atoms with Crippen LogP contribution in [0.3, 0.4) is 0 Å². The van der Waals surface area contributed by atoms with Gasteiger partial charge in [0.25, 0.3) is 0 Å². The van der Waals surface area contributed by atoms with Crippen molar-refractivity contribution in [1.82, 2.24) is 4.72 Å². The predicted octanol–water partition coefficient (Wildman–Crippen LogP) is 1.72. The van der Waals surface area contributed by atoms with Gasteiger partial charge >= 0.3 is 0 Å². The molecule has 0 radical (unpaired) electrons. The van der Waals surface area contributed by atoms with E-state index in [1.54, 1.807) is 13.8 Å². The molecule has 1 aromatic carbocycles. The number of rotatable bonds is 5. The van der Waals surface area contributed by atoms with Crippen LogP contribution in [0.2, 0.25) is 5.02 Å². The molecule has 1 rings (SSSR count). The van der Waals surface area contributed by atoms with E-state index in [4.69, 9.17) is 16.9 Å². The fourth-order valence-electron chi connectivity index (χ4n) is 1.24. The van der Waals surface area contributed by atoms with Crippen molar-refractivity contribution in [2.24, 2.45) is 5.92 Å². The Morgan fingerprint density at radius 3 is 2.58 bits per heavy atom. The predicted molar refractivity (Wildman–Crippen MR) is 71.2 cm³/mol. The van der Waals surface area contributed by atoms with Gasteiger partial charge in [0.15, 0.2) is 0 Å². The highest BCUT2D eigenvalue weighted by Crippen LogP contribution is 2.22. The number of carbonyl (C=O) groups is 1. The van der Waals surface area contributed by atoms with Gasteiger partial charge in [-0.3, -0.25) is 4.79 Å². The molecule has 5 nitrogen and oxygen atoms in total. The summed E-state index contributed by atoms with van der Waals surface area (Å²) in [6.07, 6.45) is 0. The van der Waals surface area contributed by atoms with Gasteiger partial charge in [-0.1, -0.05) is 25.4 Å². The zero-order chi connectivity index (χ0) is 14.6. The zero-order valence-corrected chi connectivity index (χ0v) is 12.0. The SMILES string of the molecule is CC(C)C(=O)CNS(=O)(=O)c1ccc(C#N)cc1Cl. The second kappa shape index (κ2) is 6.15. The van der Waals surface area contributed by atoms with Crippen LogP contribution in [0.1, 0.15) is 19.4 Å². The van der Waals surface area contributed by atoms with Crippen LogP contribution < -0.4 is 4.72 Å². The molecule has 0 bridgehead atoms. The Balaban J connectivity index is 2.96. The molecule has 0 amide bonds. The van der Waals surface area contributed by atoms with E-state index in [0.717, 1.165) is 0 Å². The molecular formula is C12H13ClN2O3S. The van der Waals surface area contributed by atoms with E-state index >= 15 is 0 Å². The minimum atomic E-state index is -3.86. The van der Waals surface area contributed by atoms with E-state index in [-0.39, 0.29) is 33.7 Å². The molecule has 19 heavy (non-hydrogen) atoms. The van der Waals surface area contributed by atoms with E-state index < -0.39 is 10.0 Å². The second-order valence-corrected chi connectivity index (χ2v) is 6.35. The van der Waals surface area contributed by atoms with Crippen LogP contribution in [0.25, 0.3) is 0 Å². The number of nitriles is 1. The highest BCUT2D eigenvalue weighted by Gasteiger charge is 2.19. The van der Waals surface area contributed by atoms with Gasteiger partial charge in [0.1, 0.15) is 10.7 Å². The van der Waals surface area contributed by atoms with Gasteiger partial charge in [0, 0.05) is 5.92 Å². The van der Waals surface area contributed by atoms with Gasteiger partial charge in [-0.2, -0.15) is 5.26 Å². The summed E-state index contributed by atoms with van der Waals surface area (Å²) in [5.74, 6) is -0.465. The number of halogens is 1. The lowest BCUT2D eigenvalue weighted by molar-refractivity contribution is -0.120. The number of carbonyl (C=O) groups excluding carboxylic acids is 1. The van der Waals surface area contributed by atoms with Crippen LogP contribution in [0, 0.1) is 17.2 Å². The monoisotopic (exact) mass is 300 g/mol. The van der Waals surface area contributed by atoms with Crippen LogP contribution in [-0.2, 0) is 14.8 Å². The number of sulfonamides is 1. The summed E-state index contributed by atoms with van der Waals surface area (Å²) in [4.78, 5) is 11.3. The maximum absolute atomic E-state index is 11.9. The summed E-state index contributed by atoms with van der Waals surface area (Å²) in [6, 6.07) is 5.71. The van der Waals surface area contributed by atoms with E-state index in [9.17, 15) is 13.2 Å². The molecule has 0 aliphatic heterocycles. The topological polar surface area (TPSA) is 87.0 Å². The molecule has 0 fully saturated rings. The number of hydrogen-bond acceptors (Lipinski definition) is 4. The number of benzene rings is 1. The fraction of sp³-hybridized carbons (Fsp3) is 0.333. The smallest absolute Gasteiger partial charge is 0.242 e. The largest absolute Gasteiger partial charge is 0.298 e. The molecule has 1 N–H and O–H groups in total. The lowest BCUT2D eigenvalue weighted by atomic mass is 10.1. The van der Waals surface area contributed by atoms with Crippen molar-refractivity contribution >= 4 is 27.4 Å². The molecular weight excluding hydrogens is 288 g/mol. The fourth-order valence-corrected chi connectivity index (χ4v) is 2.77. The minimum Gasteiger partial charge on any atom is -0.298 e. The van der Waals surface area contributed by atoms with Gasteiger partial charge in [-0.15, -0.1) is 0 Å². The summed E-state index contributed by atoms with van der Waals surface area (Å²) in [5, 5.41) is 8.62. The van der Waals surface area contributed by atoms with E-state index in [1.807, 2.05) is 6.07 Å². The molecule has 0 atom stereocenters. The number of nitrogens with zero attached hydrogens (tertiary/aromatic N) is 1. The van der Waals surface area contributed by atoms with Crippen molar-refractivity contribution in [3.05, 3.63) is 28.8 Å². The summed E-state index contributed by atoms with van der Waals surface area (Å²) in [6.45, 7) is 3.09. The normalized spacial score (nSPS) is 11.3. The maximum atomic E-state index is 11.9. The van der Waals surface area contributed by atoms with Crippen molar-refractivity contribution in [2.45, 2.75) is 18.7 Å². The van der Waals surface area contributed by atoms with Gasteiger partial charge in [0.05, 0.1) is 23.2 Å². The summed E-state index contributed by atoms with van der Waals surface area (Å²) in [7, 11) is -3.86. The van der Waals surface area contributed by atoms with Crippen molar-refractivity contribution in [2.75, 3.05) is 6.54 Å². The zero-order valence-electron chi connectivity index (χ0n) is 10.5. The van der Waals surface area contributed by atoms with Gasteiger partial charge in [-0.25, -0.2) is 13.1 Å². The molecule has 0 aromatic heterocycles. The molecule has 0 unspecified atom stereocenters. The van der Waals surface area contributed by atoms with Crippen LogP contribution in [0.4, 0.5) is 0 Å². The summed E-state index contributed by atoms with van der Waals surface area (Å²) < 4.78 is 26.1. The van der Waals surface area contributed by atoms with Gasteiger partial charge in [0.2, 0.25) is 10.0 Å². The van der Waals surface area contributed by atoms with Gasteiger partial charge in [-0.05, 0) is 18.2 Å². The number of ketones is 1. The molecule has 102 valence electrons. The summed E-state index contributed by atoms with van der Waals surface area (Å²) in [5.41, 5.74) is 0.266. The Morgan fingerprint density at radius 1 is 1.47 bits per heavy atom. The van der Waals surface area contributed by atoms with Crippen molar-refractivity contribution in [3.8, 4) is 6.07 Å². The van der Waals surface area contributed by atoms with Gasteiger partial charge < -0.3 is 0 Å². The van der Waals surface area contributed by atoms with Crippen LogP contribution in [-0.4, -0.2) is 20.7 Å². The number of nitrogens with one attached hydrogen (secondary N) is 1. The first-order valence-electron chi connectivity index (χ1n) is 5.50. The molecule has 0 heterocycles. The van der Waals surface area contributed by atoms with E-state index in [1.165, 1.54) is 18.2 Å². The van der Waals surface area contributed by atoms with Crippen LogP contribution in [0.15, 0.2) is 23.1 Å². The highest BCUT2D eigenvalue weighted by molar-refractivity contribution is 7.89. The maximum Gasteiger partial charge on any atom is 0.242 e. The van der Waals surface area contributed by atoms with E-state index in [0.29, 0.717) is 0 Å². The third kappa shape index (κ3) is 4.03. The first-order valence-corrected chi connectivity index (χ1v) is 7.36. The third-order valence-electron chi connectivity index (χ3n) is 2.43. The quantitative estimate of drug-likeness (QED) is 0.897. The highest BCUT2D eigenvalue weighted by atomic mass is 35.5. The van der Waals surface area contributed by atoms with Crippen LogP contribution in [0.5, 0.6) is 0 Å². The Bertz CT molecular complexity index is 633. The Kier molecular flexibility index (Phi) is 5.06. The number of Topliss-reactive ketones (excluding diaryl/α,β-unsaturated/α-hetero) is 1. The van der Waals surface area contributed by atoms with Crippen LogP contribution >= 0.6 is 11.6 Å². The molecule has 0 saturated carbocycles. The Morgan fingerprint density at radius 2 is 2.11 bits per heavy atom. The van der Waals surface area contributed by atoms with Crippen molar-refractivity contribution < 1.29 is 13.2 Å². The van der Waals surface area contributed by atoms with Crippen molar-refractivity contribution in [3.63, 3.8) is 0 Å². The average Bonchev–Trinajstić information content (AvgIpc) is 2.35. The van der Waals surface area contributed by atoms with Crippen molar-refractivity contribution in [1.29, 1.82) is 5.26 Å². The molecule has 0 aliphatic carbocycles. The minimum absolute atomic E-state index is 0.0523. The Labute approximate surface area is 117 Å². The average molecular weight is 301 g/mol. The standard InChI is InChI=1S/C12H13ClN2O3S/c1-8(2)11(16)7-15-19(17,18)12-4-3-9(6-14)5-10(12)13/h3-5,8,15H,7H2,1-2H3. The lowest BCUT2D eigenvalue weighted by Crippen LogP contribution is -2.31. The molecule has 7 heteroatoms. The molecule has 0 saturated heterocycles. The molecule has 0 aliphatic rings. The molecule has 0 spiro atoms. The first kappa shape index (κ1) is 15.6. The first-order chi connectivity index (χ1) is 8.77. The van der Waals surface area contributed by atoms with E-state index in [2.05, 4.69) is 4.72 Å². The summed E-state index contributed by atoms with van der Waals surface area (Å²) >= 11 is 5.82. The third-order valence-corrected chi connectivity index (χ3v) is 4.32. The Hall–Kier alpha value is -1.42. The number of hydrogen-bond donors (Lipinski definition) is 1.